The molecule has 0 fully saturated rings. The van der Waals surface area contributed by atoms with E-state index in [-0.39, 0.29) is 5.92 Å². The minimum Gasteiger partial charge on any atom is -0.365 e. The van der Waals surface area contributed by atoms with Crippen molar-refractivity contribution in [1.82, 2.24) is 14.6 Å². The number of anilines is 1. The molecule has 1 unspecified atom stereocenters. The fraction of sp³-hybridized carbons (Fsp3) is 0.143. The number of fused-ring (bicyclic) bond motifs is 2. The summed E-state index contributed by atoms with van der Waals surface area (Å²) in [6.45, 7) is -1.24. The molecule has 1 atom stereocenters. The van der Waals surface area contributed by atoms with Crippen molar-refractivity contribution in [3.8, 4) is 0 Å². The molecule has 6 heteroatoms. The Hall–Kier alpha value is -2.56. The molecule has 4 aromatic rings. The summed E-state index contributed by atoms with van der Waals surface area (Å²) in [5.41, 5.74) is 4.03. The van der Waals surface area contributed by atoms with E-state index in [9.17, 15) is 0 Å². The lowest BCUT2D eigenvalue weighted by Crippen LogP contribution is -2.34. The number of pyridine rings is 1. The molecule has 3 heterocycles. The molecule has 0 radical (unpaired) electrons. The van der Waals surface area contributed by atoms with E-state index in [1.165, 1.54) is 6.33 Å². The van der Waals surface area contributed by atoms with E-state index in [1.54, 1.807) is 21.7 Å². The first-order valence-corrected chi connectivity index (χ1v) is 9.32. The summed E-state index contributed by atoms with van der Waals surface area (Å²) in [6.07, 6.45) is 3.29. The van der Waals surface area contributed by atoms with E-state index < -0.39 is 6.50 Å². The third-order valence-corrected chi connectivity index (χ3v) is 5.61. The standard InChI is InChI=1S/C21H16Cl2N4/c22-19-7-5-14(9-20(19)23)18-12-26(10-15-3-1-2-4-17(15)18)16-6-8-21-24-13-25-27(21)11-16/h1-9,11,13,18H,10,12H2/i10D2. The van der Waals surface area contributed by atoms with Crippen LogP contribution < -0.4 is 4.90 Å². The normalized spacial score (nSPS) is 19.5. The van der Waals surface area contributed by atoms with E-state index in [4.69, 9.17) is 25.9 Å². The fourth-order valence-electron chi connectivity index (χ4n) is 3.52. The lowest BCUT2D eigenvalue weighted by Gasteiger charge is -2.36. The highest BCUT2D eigenvalue weighted by molar-refractivity contribution is 6.42. The van der Waals surface area contributed by atoms with E-state index in [0.717, 1.165) is 16.8 Å². The zero-order chi connectivity index (χ0) is 20.2. The molecule has 0 spiro atoms. The summed E-state index contributed by atoms with van der Waals surface area (Å²) in [5.74, 6) is -0.0590. The molecule has 4 nitrogen and oxygen atoms in total. The maximum atomic E-state index is 8.90. The number of rotatable bonds is 2. The smallest absolute Gasteiger partial charge is 0.155 e. The zero-order valence-corrected chi connectivity index (χ0v) is 15.7. The van der Waals surface area contributed by atoms with Crippen LogP contribution in [0.2, 0.25) is 10.0 Å². The molecular formula is C21H16Cl2N4. The number of hydrogen-bond donors (Lipinski definition) is 0. The van der Waals surface area contributed by atoms with Gasteiger partial charge in [0.25, 0.3) is 0 Å². The molecule has 1 aliphatic rings. The first-order valence-electron chi connectivity index (χ1n) is 9.56. The van der Waals surface area contributed by atoms with Gasteiger partial charge >= 0.3 is 0 Å². The van der Waals surface area contributed by atoms with Crippen molar-refractivity contribution in [1.29, 1.82) is 0 Å². The van der Waals surface area contributed by atoms with Crippen LogP contribution in [-0.4, -0.2) is 21.1 Å². The first kappa shape index (κ1) is 14.5. The maximum absolute atomic E-state index is 8.90. The molecule has 0 bridgehead atoms. The summed E-state index contributed by atoms with van der Waals surface area (Å²) in [6, 6.07) is 17.0. The maximum Gasteiger partial charge on any atom is 0.155 e. The minimum atomic E-state index is -1.68. The van der Waals surface area contributed by atoms with Gasteiger partial charge in [-0.1, -0.05) is 53.5 Å². The molecule has 0 N–H and O–H groups in total. The number of nitrogens with zero attached hydrogens (tertiary/aromatic N) is 4. The third kappa shape index (κ3) is 2.95. The van der Waals surface area contributed by atoms with Gasteiger partial charge in [-0.25, -0.2) is 9.50 Å². The van der Waals surface area contributed by atoms with Gasteiger partial charge in [0.2, 0.25) is 0 Å². The molecule has 1 aliphatic heterocycles. The summed E-state index contributed by atoms with van der Waals surface area (Å²) >= 11 is 12.4. The van der Waals surface area contributed by atoms with Crippen LogP contribution in [0, 0.1) is 0 Å². The molecular weight excluding hydrogens is 379 g/mol. The van der Waals surface area contributed by atoms with E-state index >= 15 is 0 Å². The van der Waals surface area contributed by atoms with E-state index in [2.05, 4.69) is 10.1 Å². The van der Waals surface area contributed by atoms with Crippen LogP contribution in [0.1, 0.15) is 25.3 Å². The van der Waals surface area contributed by atoms with Gasteiger partial charge in [0.1, 0.15) is 6.33 Å². The van der Waals surface area contributed by atoms with Gasteiger partial charge in [0.15, 0.2) is 5.65 Å². The number of aromatic nitrogens is 3. The van der Waals surface area contributed by atoms with Crippen molar-refractivity contribution in [2.75, 3.05) is 11.4 Å². The topological polar surface area (TPSA) is 33.4 Å². The predicted octanol–water partition coefficient (Wildman–Crippen LogP) is 5.19. The van der Waals surface area contributed by atoms with Gasteiger partial charge in [0.05, 0.1) is 24.7 Å². The van der Waals surface area contributed by atoms with Gasteiger partial charge in [-0.2, -0.15) is 5.10 Å². The summed E-state index contributed by atoms with van der Waals surface area (Å²) in [5, 5.41) is 5.18. The minimum absolute atomic E-state index is 0.0590. The third-order valence-electron chi connectivity index (χ3n) is 4.87. The Bertz CT molecular complexity index is 1220. The molecule has 134 valence electrons. The van der Waals surface area contributed by atoms with Crippen LogP contribution in [0.4, 0.5) is 5.69 Å². The Kier molecular flexibility index (Phi) is 3.52. The Morgan fingerprint density at radius 3 is 2.81 bits per heavy atom. The van der Waals surface area contributed by atoms with Gasteiger partial charge in [0, 0.05) is 19.0 Å². The van der Waals surface area contributed by atoms with Gasteiger partial charge in [-0.15, -0.1) is 0 Å². The zero-order valence-electron chi connectivity index (χ0n) is 16.2. The van der Waals surface area contributed by atoms with Crippen molar-refractivity contribution in [2.24, 2.45) is 0 Å². The number of benzene rings is 2. The predicted molar refractivity (Wildman–Crippen MR) is 109 cm³/mol. The van der Waals surface area contributed by atoms with Crippen molar-refractivity contribution in [2.45, 2.75) is 12.4 Å². The molecule has 27 heavy (non-hydrogen) atoms. The highest BCUT2D eigenvalue weighted by atomic mass is 35.5. The van der Waals surface area contributed by atoms with Crippen molar-refractivity contribution >= 4 is 34.5 Å². The first-order chi connectivity index (χ1) is 13.9. The highest BCUT2D eigenvalue weighted by Crippen LogP contribution is 2.37. The average Bonchev–Trinajstić information content (AvgIpc) is 3.18. The van der Waals surface area contributed by atoms with Crippen LogP contribution in [0.25, 0.3) is 5.65 Å². The molecule has 0 amide bonds. The lowest BCUT2D eigenvalue weighted by atomic mass is 9.84. The van der Waals surface area contributed by atoms with Crippen LogP contribution in [0.5, 0.6) is 0 Å². The lowest BCUT2D eigenvalue weighted by molar-refractivity contribution is 0.663. The van der Waals surface area contributed by atoms with Crippen LogP contribution in [-0.2, 0) is 6.50 Å². The van der Waals surface area contributed by atoms with Crippen LogP contribution >= 0.6 is 23.2 Å². The Balaban J connectivity index is 1.67. The van der Waals surface area contributed by atoms with Crippen LogP contribution in [0.3, 0.4) is 0 Å². The fourth-order valence-corrected chi connectivity index (χ4v) is 3.83. The summed E-state index contributed by atoms with van der Waals surface area (Å²) in [4.78, 5) is 5.94. The van der Waals surface area contributed by atoms with Gasteiger partial charge in [-0.3, -0.25) is 0 Å². The van der Waals surface area contributed by atoms with E-state index in [1.807, 2.05) is 48.5 Å². The van der Waals surface area contributed by atoms with Gasteiger partial charge < -0.3 is 4.90 Å². The van der Waals surface area contributed by atoms with Gasteiger partial charge in [-0.05, 0) is 41.0 Å². The Labute approximate surface area is 169 Å². The highest BCUT2D eigenvalue weighted by Gasteiger charge is 2.27. The second kappa shape index (κ2) is 6.55. The second-order valence-electron chi connectivity index (χ2n) is 6.49. The molecule has 2 aromatic heterocycles. The largest absolute Gasteiger partial charge is 0.365 e. The molecule has 5 rings (SSSR count). The molecule has 2 aromatic carbocycles. The average molecular weight is 397 g/mol. The summed E-state index contributed by atoms with van der Waals surface area (Å²) < 4.78 is 19.5. The van der Waals surface area contributed by atoms with E-state index in [0.29, 0.717) is 27.8 Å². The number of hydrogen-bond acceptors (Lipinski definition) is 3. The monoisotopic (exact) mass is 396 g/mol. The van der Waals surface area contributed by atoms with Crippen molar-refractivity contribution in [3.05, 3.63) is 93.9 Å². The van der Waals surface area contributed by atoms with Crippen molar-refractivity contribution < 1.29 is 2.74 Å². The van der Waals surface area contributed by atoms with Crippen molar-refractivity contribution in [3.63, 3.8) is 0 Å². The number of halogens is 2. The van der Waals surface area contributed by atoms with Crippen LogP contribution in [0.15, 0.2) is 67.1 Å². The molecule has 0 saturated carbocycles. The molecule has 0 aliphatic carbocycles. The quantitative estimate of drug-likeness (QED) is 0.467. The summed E-state index contributed by atoms with van der Waals surface area (Å²) in [7, 11) is 0. The Morgan fingerprint density at radius 1 is 1.04 bits per heavy atom. The molecule has 0 saturated heterocycles. The SMILES string of the molecule is [2H]C1([2H])c2ccccc2C(c2ccc(Cl)c(Cl)c2)CN1c1ccc2ncnn2c1. The Morgan fingerprint density at radius 2 is 1.93 bits per heavy atom. The second-order valence-corrected chi connectivity index (χ2v) is 7.30.